The fraction of sp³-hybridized carbons (Fsp3) is 0.857. The minimum absolute atomic E-state index is 0.577. The number of rotatable bonds is 6. The molecule has 4 nitrogen and oxygen atoms in total. The molecule has 1 aliphatic carbocycles. The zero-order chi connectivity index (χ0) is 12.8. The van der Waals surface area contributed by atoms with Gasteiger partial charge in [-0.25, -0.2) is 4.98 Å². The van der Waals surface area contributed by atoms with E-state index in [0.29, 0.717) is 6.04 Å². The summed E-state index contributed by atoms with van der Waals surface area (Å²) in [6.45, 7) is 3.34. The second-order valence-corrected chi connectivity index (χ2v) is 5.46. The molecule has 0 radical (unpaired) electrons. The van der Waals surface area contributed by atoms with Crippen molar-refractivity contribution in [1.82, 2.24) is 20.1 Å². The molecule has 0 amide bonds. The Morgan fingerprint density at radius 1 is 1.39 bits per heavy atom. The van der Waals surface area contributed by atoms with Crippen molar-refractivity contribution in [3.8, 4) is 0 Å². The molecule has 4 heteroatoms. The average molecular weight is 250 g/mol. The lowest BCUT2D eigenvalue weighted by atomic mass is 9.82. The first kappa shape index (κ1) is 13.5. The van der Waals surface area contributed by atoms with Crippen molar-refractivity contribution in [2.75, 3.05) is 6.54 Å². The van der Waals surface area contributed by atoms with E-state index in [9.17, 15) is 0 Å². The molecule has 1 saturated carbocycles. The first-order valence-corrected chi connectivity index (χ1v) is 7.37. The SMILES string of the molecule is CCCNC(Cc1ncnn1C)C1CCCCC1. The van der Waals surface area contributed by atoms with Crippen molar-refractivity contribution in [3.05, 3.63) is 12.2 Å². The van der Waals surface area contributed by atoms with Crippen molar-refractivity contribution in [2.24, 2.45) is 13.0 Å². The number of nitrogens with one attached hydrogen (secondary N) is 1. The molecule has 1 unspecified atom stereocenters. The number of aromatic nitrogens is 3. The summed E-state index contributed by atoms with van der Waals surface area (Å²) in [6.07, 6.45) is 10.8. The second-order valence-electron chi connectivity index (χ2n) is 5.46. The van der Waals surface area contributed by atoms with Gasteiger partial charge in [0, 0.05) is 19.5 Å². The molecule has 1 aromatic rings. The molecule has 0 bridgehead atoms. The topological polar surface area (TPSA) is 42.7 Å². The number of hydrogen-bond donors (Lipinski definition) is 1. The quantitative estimate of drug-likeness (QED) is 0.842. The van der Waals surface area contributed by atoms with Crippen LogP contribution < -0.4 is 5.32 Å². The Morgan fingerprint density at radius 3 is 2.78 bits per heavy atom. The van der Waals surface area contributed by atoms with Crippen molar-refractivity contribution >= 4 is 0 Å². The van der Waals surface area contributed by atoms with E-state index in [4.69, 9.17) is 0 Å². The van der Waals surface area contributed by atoms with Crippen LogP contribution in [0.15, 0.2) is 6.33 Å². The molecule has 0 spiro atoms. The Bertz CT molecular complexity index is 341. The summed E-state index contributed by atoms with van der Waals surface area (Å²) in [4.78, 5) is 4.37. The van der Waals surface area contributed by atoms with Crippen molar-refractivity contribution in [1.29, 1.82) is 0 Å². The van der Waals surface area contributed by atoms with Crippen LogP contribution in [0.25, 0.3) is 0 Å². The molecule has 0 aromatic carbocycles. The second kappa shape index (κ2) is 6.88. The maximum absolute atomic E-state index is 4.37. The highest BCUT2D eigenvalue weighted by Gasteiger charge is 2.24. The number of hydrogen-bond acceptors (Lipinski definition) is 3. The summed E-state index contributed by atoms with van der Waals surface area (Å²) < 4.78 is 1.91. The Hall–Kier alpha value is -0.900. The molecule has 1 heterocycles. The molecule has 0 saturated heterocycles. The molecular weight excluding hydrogens is 224 g/mol. The summed E-state index contributed by atoms with van der Waals surface area (Å²) in [7, 11) is 1.99. The van der Waals surface area contributed by atoms with E-state index in [2.05, 4.69) is 22.3 Å². The standard InChI is InChI=1S/C14H26N4/c1-3-9-15-13(12-7-5-4-6-8-12)10-14-16-11-17-18(14)2/h11-13,15H,3-10H2,1-2H3. The molecule has 18 heavy (non-hydrogen) atoms. The maximum atomic E-state index is 4.37. The first-order chi connectivity index (χ1) is 8.81. The predicted octanol–water partition coefficient (Wildman–Crippen LogP) is 2.31. The lowest BCUT2D eigenvalue weighted by Gasteiger charge is -2.30. The van der Waals surface area contributed by atoms with Gasteiger partial charge in [-0.2, -0.15) is 5.10 Å². The lowest BCUT2D eigenvalue weighted by molar-refractivity contribution is 0.263. The van der Waals surface area contributed by atoms with Gasteiger partial charge in [-0.05, 0) is 31.7 Å². The van der Waals surface area contributed by atoms with Gasteiger partial charge in [0.15, 0.2) is 0 Å². The van der Waals surface area contributed by atoms with E-state index in [0.717, 1.165) is 24.7 Å². The van der Waals surface area contributed by atoms with Gasteiger partial charge in [-0.3, -0.25) is 4.68 Å². The molecule has 1 fully saturated rings. The highest BCUT2D eigenvalue weighted by molar-refractivity contribution is 4.92. The van der Waals surface area contributed by atoms with Gasteiger partial charge in [0.25, 0.3) is 0 Å². The van der Waals surface area contributed by atoms with E-state index < -0.39 is 0 Å². The van der Waals surface area contributed by atoms with Gasteiger partial charge in [-0.15, -0.1) is 0 Å². The Morgan fingerprint density at radius 2 is 2.17 bits per heavy atom. The third-order valence-corrected chi connectivity index (χ3v) is 4.08. The Labute approximate surface area is 110 Å². The van der Waals surface area contributed by atoms with Crippen molar-refractivity contribution in [3.63, 3.8) is 0 Å². The summed E-state index contributed by atoms with van der Waals surface area (Å²) in [6, 6.07) is 0.577. The summed E-state index contributed by atoms with van der Waals surface area (Å²) in [5, 5.41) is 7.90. The molecule has 102 valence electrons. The van der Waals surface area contributed by atoms with E-state index in [1.807, 2.05) is 11.7 Å². The molecule has 1 N–H and O–H groups in total. The van der Waals surface area contributed by atoms with Crippen LogP contribution in [0.4, 0.5) is 0 Å². The van der Waals surface area contributed by atoms with Gasteiger partial charge in [0.05, 0.1) is 0 Å². The van der Waals surface area contributed by atoms with Crippen LogP contribution in [-0.2, 0) is 13.5 Å². The van der Waals surface area contributed by atoms with Crippen LogP contribution in [0, 0.1) is 5.92 Å². The van der Waals surface area contributed by atoms with E-state index >= 15 is 0 Å². The van der Waals surface area contributed by atoms with E-state index in [1.54, 1.807) is 6.33 Å². The van der Waals surface area contributed by atoms with Gasteiger partial charge < -0.3 is 5.32 Å². The smallest absolute Gasteiger partial charge is 0.138 e. The number of nitrogens with zero attached hydrogens (tertiary/aromatic N) is 3. The molecule has 1 aliphatic rings. The molecular formula is C14H26N4. The molecule has 1 aromatic heterocycles. The van der Waals surface area contributed by atoms with Gasteiger partial charge in [0.2, 0.25) is 0 Å². The number of aryl methyl sites for hydroxylation is 1. The van der Waals surface area contributed by atoms with E-state index in [-0.39, 0.29) is 0 Å². The summed E-state index contributed by atoms with van der Waals surface area (Å²) in [5.74, 6) is 1.93. The van der Waals surface area contributed by atoms with Crippen LogP contribution in [-0.4, -0.2) is 27.4 Å². The Kier molecular flexibility index (Phi) is 5.17. The predicted molar refractivity (Wildman–Crippen MR) is 73.4 cm³/mol. The van der Waals surface area contributed by atoms with Crippen LogP contribution >= 0.6 is 0 Å². The molecule has 2 rings (SSSR count). The minimum atomic E-state index is 0.577. The average Bonchev–Trinajstić information content (AvgIpc) is 2.81. The van der Waals surface area contributed by atoms with E-state index in [1.165, 1.54) is 38.5 Å². The monoisotopic (exact) mass is 250 g/mol. The van der Waals surface area contributed by atoms with Crippen LogP contribution in [0.5, 0.6) is 0 Å². The third-order valence-electron chi connectivity index (χ3n) is 4.08. The zero-order valence-corrected chi connectivity index (χ0v) is 11.7. The molecule has 1 atom stereocenters. The van der Waals surface area contributed by atoms with Gasteiger partial charge in [-0.1, -0.05) is 26.2 Å². The van der Waals surface area contributed by atoms with Gasteiger partial charge >= 0.3 is 0 Å². The van der Waals surface area contributed by atoms with Crippen LogP contribution in [0.1, 0.15) is 51.3 Å². The fourth-order valence-electron chi connectivity index (χ4n) is 2.97. The van der Waals surface area contributed by atoms with Crippen LogP contribution in [0.3, 0.4) is 0 Å². The van der Waals surface area contributed by atoms with Gasteiger partial charge in [0.1, 0.15) is 12.2 Å². The van der Waals surface area contributed by atoms with Crippen LogP contribution in [0.2, 0.25) is 0 Å². The third kappa shape index (κ3) is 3.55. The maximum Gasteiger partial charge on any atom is 0.138 e. The van der Waals surface area contributed by atoms with Crippen molar-refractivity contribution in [2.45, 2.75) is 57.9 Å². The molecule has 0 aliphatic heterocycles. The Balaban J connectivity index is 1.97. The highest BCUT2D eigenvalue weighted by Crippen LogP contribution is 2.27. The fourth-order valence-corrected chi connectivity index (χ4v) is 2.97. The minimum Gasteiger partial charge on any atom is -0.313 e. The summed E-state index contributed by atoms with van der Waals surface area (Å²) in [5.41, 5.74) is 0. The normalized spacial score (nSPS) is 19.0. The first-order valence-electron chi connectivity index (χ1n) is 7.37. The van der Waals surface area contributed by atoms with Crippen molar-refractivity contribution < 1.29 is 0 Å². The largest absolute Gasteiger partial charge is 0.313 e. The highest BCUT2D eigenvalue weighted by atomic mass is 15.3. The zero-order valence-electron chi connectivity index (χ0n) is 11.7. The lowest BCUT2D eigenvalue weighted by Crippen LogP contribution is -2.40. The summed E-state index contributed by atoms with van der Waals surface area (Å²) >= 11 is 0.